The summed E-state index contributed by atoms with van der Waals surface area (Å²) in [6.07, 6.45) is 1.90. The van der Waals surface area contributed by atoms with E-state index in [1.807, 2.05) is 13.0 Å². The summed E-state index contributed by atoms with van der Waals surface area (Å²) in [5.41, 5.74) is 2.12. The molecule has 0 spiro atoms. The van der Waals surface area contributed by atoms with E-state index in [-0.39, 0.29) is 11.5 Å². The summed E-state index contributed by atoms with van der Waals surface area (Å²) in [5, 5.41) is 19.4. The lowest BCUT2D eigenvalue weighted by Gasteiger charge is -2.23. The maximum Gasteiger partial charge on any atom is 0.160 e. The van der Waals surface area contributed by atoms with Crippen molar-refractivity contribution in [2.45, 2.75) is 47.5 Å². The number of aryl methyl sites for hydroxylation is 1. The molecule has 17 heavy (non-hydrogen) atoms. The van der Waals surface area contributed by atoms with Crippen molar-refractivity contribution in [1.82, 2.24) is 0 Å². The zero-order chi connectivity index (χ0) is 13.2. The molecule has 0 radical (unpaired) electrons. The summed E-state index contributed by atoms with van der Waals surface area (Å²) in [6.45, 7) is 10.8. The molecule has 0 saturated carbocycles. The smallest absolute Gasteiger partial charge is 0.160 e. The molecular weight excluding hydrogens is 212 g/mol. The maximum absolute atomic E-state index is 9.82. The summed E-state index contributed by atoms with van der Waals surface area (Å²) in [6, 6.07) is 3.54. The minimum Gasteiger partial charge on any atom is -0.504 e. The largest absolute Gasteiger partial charge is 0.504 e. The van der Waals surface area contributed by atoms with Gasteiger partial charge in [0.25, 0.3) is 0 Å². The Morgan fingerprint density at radius 3 is 2.29 bits per heavy atom. The van der Waals surface area contributed by atoms with Crippen LogP contribution in [0.2, 0.25) is 0 Å². The van der Waals surface area contributed by atoms with Crippen molar-refractivity contribution < 1.29 is 10.2 Å². The van der Waals surface area contributed by atoms with E-state index in [1.54, 1.807) is 6.07 Å². The van der Waals surface area contributed by atoms with Gasteiger partial charge in [-0.25, -0.2) is 0 Å². The Hall–Kier alpha value is -1.18. The number of phenolic OH excluding ortho intramolecular Hbond substituents is 2. The van der Waals surface area contributed by atoms with Crippen LogP contribution in [0.15, 0.2) is 12.1 Å². The van der Waals surface area contributed by atoms with Crippen molar-refractivity contribution >= 4 is 0 Å². The van der Waals surface area contributed by atoms with Crippen LogP contribution in [-0.4, -0.2) is 10.2 Å². The third-order valence-corrected chi connectivity index (χ3v) is 2.84. The quantitative estimate of drug-likeness (QED) is 0.778. The molecule has 0 aromatic heterocycles. The van der Waals surface area contributed by atoms with Gasteiger partial charge in [0.05, 0.1) is 0 Å². The summed E-state index contributed by atoms with van der Waals surface area (Å²) >= 11 is 0. The Kier molecular flexibility index (Phi) is 4.07. The van der Waals surface area contributed by atoms with Gasteiger partial charge in [-0.15, -0.1) is 0 Å². The molecule has 2 nitrogen and oxygen atoms in total. The first-order valence-corrected chi connectivity index (χ1v) is 6.20. The van der Waals surface area contributed by atoms with Crippen LogP contribution in [0.1, 0.15) is 45.2 Å². The zero-order valence-electron chi connectivity index (χ0n) is 11.5. The van der Waals surface area contributed by atoms with Gasteiger partial charge in [0.1, 0.15) is 0 Å². The normalized spacial score (nSPS) is 13.7. The van der Waals surface area contributed by atoms with Crippen molar-refractivity contribution in [3.05, 3.63) is 23.3 Å². The molecule has 0 bridgehead atoms. The van der Waals surface area contributed by atoms with E-state index in [4.69, 9.17) is 0 Å². The van der Waals surface area contributed by atoms with E-state index in [0.717, 1.165) is 24.0 Å². The fraction of sp³-hybridized carbons (Fsp3) is 0.600. The molecule has 0 aliphatic carbocycles. The number of rotatable bonds is 3. The topological polar surface area (TPSA) is 40.5 Å². The third kappa shape index (κ3) is 4.29. The zero-order valence-corrected chi connectivity index (χ0v) is 11.5. The Balaban J connectivity index is 2.81. The summed E-state index contributed by atoms with van der Waals surface area (Å²) < 4.78 is 0. The molecule has 1 unspecified atom stereocenters. The van der Waals surface area contributed by atoms with E-state index < -0.39 is 0 Å². The highest BCUT2D eigenvalue weighted by atomic mass is 16.3. The van der Waals surface area contributed by atoms with E-state index in [0.29, 0.717) is 11.3 Å². The molecule has 1 aromatic carbocycles. The Bertz CT molecular complexity index is 389. The van der Waals surface area contributed by atoms with Gasteiger partial charge in [-0.2, -0.15) is 0 Å². The second-order valence-corrected chi connectivity index (χ2v) is 6.37. The lowest BCUT2D eigenvalue weighted by Crippen LogP contribution is -2.12. The fourth-order valence-corrected chi connectivity index (χ4v) is 2.48. The molecule has 0 heterocycles. The van der Waals surface area contributed by atoms with Crippen molar-refractivity contribution in [2.75, 3.05) is 0 Å². The predicted molar refractivity (Wildman–Crippen MR) is 71.4 cm³/mol. The summed E-state index contributed by atoms with van der Waals surface area (Å²) in [4.78, 5) is 0. The molecular formula is C15H24O2. The first-order valence-electron chi connectivity index (χ1n) is 6.20. The van der Waals surface area contributed by atoms with E-state index in [1.165, 1.54) is 0 Å². The highest BCUT2D eigenvalue weighted by molar-refractivity contribution is 5.47. The Morgan fingerprint density at radius 2 is 1.76 bits per heavy atom. The summed E-state index contributed by atoms with van der Waals surface area (Å²) in [5.74, 6) is 0.515. The minimum atomic E-state index is -0.0111. The average molecular weight is 236 g/mol. The van der Waals surface area contributed by atoms with Gasteiger partial charge >= 0.3 is 0 Å². The van der Waals surface area contributed by atoms with Crippen LogP contribution < -0.4 is 0 Å². The van der Waals surface area contributed by atoms with Gasteiger partial charge in [0.15, 0.2) is 11.5 Å². The van der Waals surface area contributed by atoms with Crippen LogP contribution >= 0.6 is 0 Å². The molecule has 0 amide bonds. The Morgan fingerprint density at radius 1 is 1.18 bits per heavy atom. The highest BCUT2D eigenvalue weighted by Gasteiger charge is 2.17. The van der Waals surface area contributed by atoms with Gasteiger partial charge in [0.2, 0.25) is 0 Å². The highest BCUT2D eigenvalue weighted by Crippen LogP contribution is 2.34. The van der Waals surface area contributed by atoms with Crippen LogP contribution in [0.4, 0.5) is 0 Å². The standard InChI is InChI=1S/C15H24O2/c1-10-6-12(14(17)13(16)8-10)7-11(2)9-15(3,4)5/h6,8,11,16-17H,7,9H2,1-5H3. The van der Waals surface area contributed by atoms with Gasteiger partial charge < -0.3 is 10.2 Å². The number of hydrogen-bond acceptors (Lipinski definition) is 2. The second kappa shape index (κ2) is 4.99. The third-order valence-electron chi connectivity index (χ3n) is 2.84. The maximum atomic E-state index is 9.82. The molecule has 0 aliphatic rings. The lowest BCUT2D eigenvalue weighted by molar-refractivity contribution is 0.303. The molecule has 2 heteroatoms. The monoisotopic (exact) mass is 236 g/mol. The molecule has 1 aromatic rings. The van der Waals surface area contributed by atoms with Gasteiger partial charge in [0, 0.05) is 0 Å². The van der Waals surface area contributed by atoms with Crippen molar-refractivity contribution in [3.8, 4) is 11.5 Å². The van der Waals surface area contributed by atoms with Crippen LogP contribution in [0.3, 0.4) is 0 Å². The average Bonchev–Trinajstić information content (AvgIpc) is 2.10. The number of phenols is 2. The van der Waals surface area contributed by atoms with E-state index in [9.17, 15) is 10.2 Å². The van der Waals surface area contributed by atoms with Crippen LogP contribution in [0.5, 0.6) is 11.5 Å². The van der Waals surface area contributed by atoms with Crippen LogP contribution in [0.25, 0.3) is 0 Å². The van der Waals surface area contributed by atoms with E-state index in [2.05, 4.69) is 27.7 Å². The SMILES string of the molecule is Cc1cc(O)c(O)c(CC(C)CC(C)(C)C)c1. The summed E-state index contributed by atoms with van der Waals surface area (Å²) in [7, 11) is 0. The fourth-order valence-electron chi connectivity index (χ4n) is 2.48. The van der Waals surface area contributed by atoms with Crippen molar-refractivity contribution in [2.24, 2.45) is 11.3 Å². The first kappa shape index (κ1) is 13.9. The lowest BCUT2D eigenvalue weighted by atomic mass is 9.82. The van der Waals surface area contributed by atoms with Gasteiger partial charge in [-0.1, -0.05) is 33.8 Å². The molecule has 0 aliphatic heterocycles. The molecule has 1 atom stereocenters. The van der Waals surface area contributed by atoms with Gasteiger partial charge in [-0.05, 0) is 48.3 Å². The van der Waals surface area contributed by atoms with Crippen molar-refractivity contribution in [3.63, 3.8) is 0 Å². The molecule has 96 valence electrons. The number of hydrogen-bond donors (Lipinski definition) is 2. The number of aromatic hydroxyl groups is 2. The molecule has 2 N–H and O–H groups in total. The van der Waals surface area contributed by atoms with Crippen LogP contribution in [0, 0.1) is 18.3 Å². The Labute approximate surface area is 104 Å². The van der Waals surface area contributed by atoms with E-state index >= 15 is 0 Å². The first-order chi connectivity index (χ1) is 7.69. The minimum absolute atomic E-state index is 0.0111. The molecule has 0 saturated heterocycles. The van der Waals surface area contributed by atoms with Crippen LogP contribution in [-0.2, 0) is 6.42 Å². The number of benzene rings is 1. The van der Waals surface area contributed by atoms with Gasteiger partial charge in [-0.3, -0.25) is 0 Å². The second-order valence-electron chi connectivity index (χ2n) is 6.37. The van der Waals surface area contributed by atoms with Crippen molar-refractivity contribution in [1.29, 1.82) is 0 Å². The molecule has 1 rings (SSSR count). The predicted octanol–water partition coefficient (Wildman–Crippen LogP) is 4.02. The molecule has 0 fully saturated rings.